The fraction of sp³-hybridized carbons (Fsp3) is 0.0526. The molecule has 0 saturated heterocycles. The fourth-order valence-electron chi connectivity index (χ4n) is 2.42. The molecule has 0 spiro atoms. The topological polar surface area (TPSA) is 89.2 Å². The number of hydrogen-bond donors (Lipinski definition) is 3. The molecule has 0 saturated carbocycles. The third-order valence-electron chi connectivity index (χ3n) is 3.71. The minimum atomic E-state index is -0.607. The molecule has 2 aromatic carbocycles. The molecule has 3 rings (SSSR count). The Morgan fingerprint density at radius 1 is 0.920 bits per heavy atom. The third-order valence-corrected chi connectivity index (χ3v) is 3.71. The van der Waals surface area contributed by atoms with Crippen LogP contribution in [0, 0.1) is 0 Å². The Labute approximate surface area is 145 Å². The maximum absolute atomic E-state index is 12.2. The summed E-state index contributed by atoms with van der Waals surface area (Å²) in [7, 11) is 0. The summed E-state index contributed by atoms with van der Waals surface area (Å²) in [5.74, 6) is -0.140. The van der Waals surface area contributed by atoms with Gasteiger partial charge in [0.05, 0.1) is 0 Å². The Hall–Kier alpha value is -3.54. The van der Waals surface area contributed by atoms with E-state index in [1.807, 2.05) is 53.4 Å². The van der Waals surface area contributed by atoms with Gasteiger partial charge in [-0.3, -0.25) is 4.79 Å². The molecule has 4 N–H and O–H groups in total. The van der Waals surface area contributed by atoms with Crippen molar-refractivity contribution in [3.05, 3.63) is 84.2 Å². The lowest BCUT2D eigenvalue weighted by Crippen LogP contribution is -2.23. The second-order valence-electron chi connectivity index (χ2n) is 5.51. The molecule has 0 aliphatic rings. The van der Waals surface area contributed by atoms with Crippen molar-refractivity contribution in [2.24, 2.45) is 5.73 Å². The van der Waals surface area contributed by atoms with Crippen molar-refractivity contribution in [3.63, 3.8) is 0 Å². The van der Waals surface area contributed by atoms with Crippen molar-refractivity contribution < 1.29 is 9.59 Å². The van der Waals surface area contributed by atoms with Gasteiger partial charge in [0.25, 0.3) is 5.91 Å². The molecule has 3 aromatic rings. The van der Waals surface area contributed by atoms with Crippen molar-refractivity contribution in [1.29, 1.82) is 0 Å². The Kier molecular flexibility index (Phi) is 4.80. The third kappa shape index (κ3) is 4.26. The lowest BCUT2D eigenvalue weighted by molar-refractivity contribution is 0.0951. The summed E-state index contributed by atoms with van der Waals surface area (Å²) in [4.78, 5) is 23.0. The van der Waals surface area contributed by atoms with Crippen LogP contribution in [0.1, 0.15) is 15.9 Å². The standard InChI is InChI=1S/C19H18N4O2/c20-19(25)22-16-7-3-14(4-8-16)13-21-18(24)15-5-9-17(10-6-15)23-11-1-2-12-23/h1-12H,13H2,(H,21,24)(H3,20,22,25). The molecule has 0 unspecified atom stereocenters. The average Bonchev–Trinajstić information content (AvgIpc) is 3.15. The second kappa shape index (κ2) is 7.35. The van der Waals surface area contributed by atoms with Crippen molar-refractivity contribution >= 4 is 17.6 Å². The fourth-order valence-corrected chi connectivity index (χ4v) is 2.42. The van der Waals surface area contributed by atoms with Crippen LogP contribution >= 0.6 is 0 Å². The summed E-state index contributed by atoms with van der Waals surface area (Å²) in [6.45, 7) is 0.398. The van der Waals surface area contributed by atoms with Crippen LogP contribution in [0.5, 0.6) is 0 Å². The van der Waals surface area contributed by atoms with Gasteiger partial charge >= 0.3 is 6.03 Å². The zero-order chi connectivity index (χ0) is 17.6. The highest BCUT2D eigenvalue weighted by molar-refractivity contribution is 5.94. The van der Waals surface area contributed by atoms with Crippen molar-refractivity contribution in [2.45, 2.75) is 6.54 Å². The molecule has 0 aliphatic heterocycles. The quantitative estimate of drug-likeness (QED) is 0.670. The molecule has 1 aromatic heterocycles. The first-order valence-electron chi connectivity index (χ1n) is 7.79. The molecule has 6 heteroatoms. The molecular formula is C19H18N4O2. The number of amides is 3. The normalized spacial score (nSPS) is 10.2. The van der Waals surface area contributed by atoms with E-state index in [1.165, 1.54) is 0 Å². The predicted octanol–water partition coefficient (Wildman–Crippen LogP) is 2.90. The number of hydrogen-bond acceptors (Lipinski definition) is 2. The number of carbonyl (C=O) groups excluding carboxylic acids is 2. The minimum Gasteiger partial charge on any atom is -0.351 e. The maximum Gasteiger partial charge on any atom is 0.316 e. The van der Waals surface area contributed by atoms with E-state index >= 15 is 0 Å². The number of urea groups is 1. The van der Waals surface area contributed by atoms with E-state index in [0.29, 0.717) is 17.8 Å². The Morgan fingerprint density at radius 3 is 2.16 bits per heavy atom. The first kappa shape index (κ1) is 16.3. The van der Waals surface area contributed by atoms with Gasteiger partial charge in [-0.2, -0.15) is 0 Å². The van der Waals surface area contributed by atoms with Crippen LogP contribution < -0.4 is 16.4 Å². The number of aromatic nitrogens is 1. The number of anilines is 1. The van der Waals surface area contributed by atoms with Gasteiger partial charge in [-0.1, -0.05) is 12.1 Å². The van der Waals surface area contributed by atoms with Crippen LogP contribution in [0.2, 0.25) is 0 Å². The van der Waals surface area contributed by atoms with Crippen LogP contribution in [0.25, 0.3) is 5.69 Å². The maximum atomic E-state index is 12.2. The van der Waals surface area contributed by atoms with E-state index < -0.39 is 6.03 Å². The first-order chi connectivity index (χ1) is 12.1. The average molecular weight is 334 g/mol. The van der Waals surface area contributed by atoms with E-state index in [2.05, 4.69) is 10.6 Å². The van der Waals surface area contributed by atoms with Gasteiger partial charge in [0.15, 0.2) is 0 Å². The van der Waals surface area contributed by atoms with E-state index in [9.17, 15) is 9.59 Å². The molecule has 0 aliphatic carbocycles. The molecule has 1 heterocycles. The van der Waals surface area contributed by atoms with E-state index in [1.54, 1.807) is 24.3 Å². The summed E-state index contributed by atoms with van der Waals surface area (Å²) in [5, 5.41) is 5.36. The van der Waals surface area contributed by atoms with Gasteiger partial charge < -0.3 is 20.9 Å². The van der Waals surface area contributed by atoms with Crippen LogP contribution in [0.3, 0.4) is 0 Å². The van der Waals surface area contributed by atoms with Gasteiger partial charge in [-0.15, -0.1) is 0 Å². The van der Waals surface area contributed by atoms with Crippen molar-refractivity contribution in [2.75, 3.05) is 5.32 Å². The summed E-state index contributed by atoms with van der Waals surface area (Å²) in [5.41, 5.74) is 8.19. The number of nitrogens with one attached hydrogen (secondary N) is 2. The van der Waals surface area contributed by atoms with Gasteiger partial charge in [0, 0.05) is 35.9 Å². The predicted molar refractivity (Wildman–Crippen MR) is 96.6 cm³/mol. The molecule has 0 bridgehead atoms. The van der Waals surface area contributed by atoms with E-state index in [4.69, 9.17) is 5.73 Å². The molecule has 0 atom stereocenters. The summed E-state index contributed by atoms with van der Waals surface area (Å²) in [6.07, 6.45) is 3.90. The van der Waals surface area contributed by atoms with Crippen molar-refractivity contribution in [1.82, 2.24) is 9.88 Å². The molecule has 25 heavy (non-hydrogen) atoms. The Balaban J connectivity index is 1.58. The second-order valence-corrected chi connectivity index (χ2v) is 5.51. The van der Waals surface area contributed by atoms with E-state index in [-0.39, 0.29) is 5.91 Å². The lowest BCUT2D eigenvalue weighted by atomic mass is 10.1. The number of nitrogens with zero attached hydrogens (tertiary/aromatic N) is 1. The highest BCUT2D eigenvalue weighted by Gasteiger charge is 2.06. The Bertz CT molecular complexity index is 853. The number of carbonyl (C=O) groups is 2. The van der Waals surface area contributed by atoms with Gasteiger partial charge in [0.2, 0.25) is 0 Å². The van der Waals surface area contributed by atoms with Crippen LogP contribution in [-0.2, 0) is 6.54 Å². The minimum absolute atomic E-state index is 0.140. The number of nitrogens with two attached hydrogens (primary N) is 1. The summed E-state index contributed by atoms with van der Waals surface area (Å²) < 4.78 is 1.98. The highest BCUT2D eigenvalue weighted by Crippen LogP contribution is 2.11. The molecule has 6 nitrogen and oxygen atoms in total. The van der Waals surface area contributed by atoms with E-state index in [0.717, 1.165) is 11.3 Å². The zero-order valence-electron chi connectivity index (χ0n) is 13.5. The Morgan fingerprint density at radius 2 is 1.56 bits per heavy atom. The van der Waals surface area contributed by atoms with Crippen LogP contribution in [0.4, 0.5) is 10.5 Å². The molecular weight excluding hydrogens is 316 g/mol. The van der Waals surface area contributed by atoms with Gasteiger partial charge in [-0.25, -0.2) is 4.79 Å². The van der Waals surface area contributed by atoms with Crippen molar-refractivity contribution in [3.8, 4) is 5.69 Å². The first-order valence-corrected chi connectivity index (χ1v) is 7.79. The number of rotatable bonds is 5. The lowest BCUT2D eigenvalue weighted by Gasteiger charge is -2.08. The van der Waals surface area contributed by atoms with Gasteiger partial charge in [-0.05, 0) is 54.1 Å². The molecule has 3 amide bonds. The monoisotopic (exact) mass is 334 g/mol. The largest absolute Gasteiger partial charge is 0.351 e. The number of primary amides is 1. The van der Waals surface area contributed by atoms with Crippen LogP contribution in [0.15, 0.2) is 73.1 Å². The summed E-state index contributed by atoms with van der Waals surface area (Å²) in [6, 6.07) is 17.8. The molecule has 0 fully saturated rings. The summed E-state index contributed by atoms with van der Waals surface area (Å²) >= 11 is 0. The van der Waals surface area contributed by atoms with Crippen LogP contribution in [-0.4, -0.2) is 16.5 Å². The SMILES string of the molecule is NC(=O)Nc1ccc(CNC(=O)c2ccc(-n3cccc3)cc2)cc1. The highest BCUT2D eigenvalue weighted by atomic mass is 16.2. The zero-order valence-corrected chi connectivity index (χ0v) is 13.5. The molecule has 0 radical (unpaired) electrons. The van der Waals surface area contributed by atoms with Gasteiger partial charge in [0.1, 0.15) is 0 Å². The molecule has 126 valence electrons. The number of benzene rings is 2. The smallest absolute Gasteiger partial charge is 0.316 e.